The molecule has 0 aliphatic rings. The van der Waals surface area contributed by atoms with Crippen molar-refractivity contribution in [3.05, 3.63) is 10.9 Å². The average Bonchev–Trinajstić information content (AvgIpc) is 2.78. The Morgan fingerprint density at radius 1 is 1.32 bits per heavy atom. The number of hydrogen-bond acceptors (Lipinski definition) is 5. The van der Waals surface area contributed by atoms with Crippen LogP contribution in [-0.2, 0) is 0 Å². The zero-order valence-electron chi connectivity index (χ0n) is 12.3. The second-order valence-corrected chi connectivity index (χ2v) is 6.01. The maximum atomic E-state index is 4.66. The first-order chi connectivity index (χ1) is 9.10. The Labute approximate surface area is 118 Å². The van der Waals surface area contributed by atoms with E-state index < -0.39 is 0 Å². The van der Waals surface area contributed by atoms with Crippen molar-refractivity contribution in [2.45, 2.75) is 39.7 Å². The van der Waals surface area contributed by atoms with Gasteiger partial charge in [-0.3, -0.25) is 0 Å². The fraction of sp³-hybridized carbons (Fsp3) is 0.571. The van der Waals surface area contributed by atoms with Gasteiger partial charge in [-0.2, -0.15) is 4.98 Å². The second-order valence-electron chi connectivity index (χ2n) is 4.78. The fourth-order valence-corrected chi connectivity index (χ4v) is 3.29. The van der Waals surface area contributed by atoms with E-state index in [-0.39, 0.29) is 0 Å². The molecule has 2 aromatic heterocycles. The summed E-state index contributed by atoms with van der Waals surface area (Å²) in [6.45, 7) is 6.56. The number of thiophene rings is 1. The highest BCUT2D eigenvalue weighted by Gasteiger charge is 2.18. The number of fused-ring (bicyclic) bond motifs is 1. The molecular weight excluding hydrogens is 256 g/mol. The molecule has 104 valence electrons. The number of nitrogens with one attached hydrogen (secondary N) is 1. The summed E-state index contributed by atoms with van der Waals surface area (Å²) in [4.78, 5) is 13.8. The van der Waals surface area contributed by atoms with Crippen LogP contribution in [0.25, 0.3) is 10.2 Å². The maximum Gasteiger partial charge on any atom is 0.225 e. The van der Waals surface area contributed by atoms with Crippen molar-refractivity contribution >= 4 is 33.3 Å². The quantitative estimate of drug-likeness (QED) is 0.906. The molecule has 0 atom stereocenters. The first kappa shape index (κ1) is 14.1. The van der Waals surface area contributed by atoms with Crippen molar-refractivity contribution in [3.63, 3.8) is 0 Å². The minimum Gasteiger partial charge on any atom is -0.357 e. The van der Waals surface area contributed by atoms with E-state index in [0.717, 1.165) is 28.9 Å². The van der Waals surface area contributed by atoms with Crippen molar-refractivity contribution in [2.75, 3.05) is 24.3 Å². The Balaban J connectivity index is 2.56. The van der Waals surface area contributed by atoms with Gasteiger partial charge in [0.15, 0.2) is 0 Å². The van der Waals surface area contributed by atoms with E-state index in [1.165, 1.54) is 4.88 Å². The van der Waals surface area contributed by atoms with E-state index >= 15 is 0 Å². The lowest BCUT2D eigenvalue weighted by atomic mass is 10.1. The second kappa shape index (κ2) is 5.74. The Morgan fingerprint density at radius 3 is 2.58 bits per heavy atom. The Hall–Kier alpha value is -1.36. The van der Waals surface area contributed by atoms with E-state index in [9.17, 15) is 0 Å². The number of nitrogens with zero attached hydrogens (tertiary/aromatic N) is 3. The molecule has 0 saturated carbocycles. The standard InChI is InChI=1S/C14H22N4S/c1-6-10(7-2)18(5)12-11-8-9(3)19-13(11)17-14(15-4)16-12/h8,10H,6-7H2,1-5H3,(H,15,16,17). The first-order valence-corrected chi connectivity index (χ1v) is 7.61. The Kier molecular flexibility index (Phi) is 4.24. The highest BCUT2D eigenvalue weighted by Crippen LogP contribution is 2.32. The van der Waals surface area contributed by atoms with Crippen LogP contribution in [0.1, 0.15) is 31.6 Å². The summed E-state index contributed by atoms with van der Waals surface area (Å²) >= 11 is 1.72. The lowest BCUT2D eigenvalue weighted by Gasteiger charge is -2.28. The fourth-order valence-electron chi connectivity index (χ4n) is 2.42. The predicted molar refractivity (Wildman–Crippen MR) is 84.5 cm³/mol. The van der Waals surface area contributed by atoms with Crippen molar-refractivity contribution in [2.24, 2.45) is 0 Å². The Morgan fingerprint density at radius 2 is 2.00 bits per heavy atom. The molecule has 5 heteroatoms. The molecule has 0 aromatic carbocycles. The van der Waals surface area contributed by atoms with Crippen LogP contribution in [0.2, 0.25) is 0 Å². The van der Waals surface area contributed by atoms with Gasteiger partial charge in [0, 0.05) is 25.0 Å². The number of hydrogen-bond donors (Lipinski definition) is 1. The highest BCUT2D eigenvalue weighted by molar-refractivity contribution is 7.18. The molecule has 0 unspecified atom stereocenters. The highest BCUT2D eigenvalue weighted by atomic mass is 32.1. The van der Waals surface area contributed by atoms with Crippen molar-refractivity contribution < 1.29 is 0 Å². The molecule has 0 saturated heterocycles. The molecule has 2 rings (SSSR count). The number of aryl methyl sites for hydroxylation is 1. The lowest BCUT2D eigenvalue weighted by Crippen LogP contribution is -2.31. The van der Waals surface area contributed by atoms with Crippen LogP contribution in [0.15, 0.2) is 6.07 Å². The van der Waals surface area contributed by atoms with Gasteiger partial charge in [0.25, 0.3) is 0 Å². The van der Waals surface area contributed by atoms with Crippen LogP contribution < -0.4 is 10.2 Å². The third-order valence-corrected chi connectivity index (χ3v) is 4.49. The SMILES string of the molecule is CCC(CC)N(C)c1nc(NC)nc2sc(C)cc12. The molecule has 0 aliphatic heterocycles. The maximum absolute atomic E-state index is 4.66. The lowest BCUT2D eigenvalue weighted by molar-refractivity contribution is 0.588. The third kappa shape index (κ3) is 2.66. The number of aromatic nitrogens is 2. The van der Waals surface area contributed by atoms with E-state index in [1.807, 2.05) is 7.05 Å². The summed E-state index contributed by atoms with van der Waals surface area (Å²) in [5, 5.41) is 4.22. The molecule has 19 heavy (non-hydrogen) atoms. The normalized spacial score (nSPS) is 11.3. The van der Waals surface area contributed by atoms with Crippen LogP contribution in [0, 0.1) is 6.92 Å². The van der Waals surface area contributed by atoms with Gasteiger partial charge >= 0.3 is 0 Å². The largest absolute Gasteiger partial charge is 0.357 e. The van der Waals surface area contributed by atoms with Crippen molar-refractivity contribution in [3.8, 4) is 0 Å². The van der Waals surface area contributed by atoms with E-state index in [4.69, 9.17) is 0 Å². The van der Waals surface area contributed by atoms with E-state index in [0.29, 0.717) is 12.0 Å². The molecule has 0 spiro atoms. The van der Waals surface area contributed by atoms with Crippen molar-refractivity contribution in [1.29, 1.82) is 0 Å². The molecule has 4 nitrogen and oxygen atoms in total. The average molecular weight is 278 g/mol. The molecule has 0 amide bonds. The van der Waals surface area contributed by atoms with Crippen LogP contribution in [0.5, 0.6) is 0 Å². The van der Waals surface area contributed by atoms with Gasteiger partial charge in [-0.05, 0) is 25.8 Å². The molecular formula is C14H22N4S. The van der Waals surface area contributed by atoms with Crippen LogP contribution in [-0.4, -0.2) is 30.1 Å². The van der Waals surface area contributed by atoms with Gasteiger partial charge in [0.2, 0.25) is 5.95 Å². The molecule has 0 bridgehead atoms. The summed E-state index contributed by atoms with van der Waals surface area (Å²) in [6, 6.07) is 2.70. The van der Waals surface area contributed by atoms with Gasteiger partial charge in [0.1, 0.15) is 10.6 Å². The zero-order chi connectivity index (χ0) is 14.0. The molecule has 2 heterocycles. The summed E-state index contributed by atoms with van der Waals surface area (Å²) in [5.41, 5.74) is 0. The topological polar surface area (TPSA) is 41.1 Å². The van der Waals surface area contributed by atoms with E-state index in [1.54, 1.807) is 11.3 Å². The van der Waals surface area contributed by atoms with Crippen molar-refractivity contribution in [1.82, 2.24) is 9.97 Å². The molecule has 2 aromatic rings. The monoisotopic (exact) mass is 278 g/mol. The number of anilines is 2. The van der Waals surface area contributed by atoms with Crippen LogP contribution in [0.3, 0.4) is 0 Å². The smallest absolute Gasteiger partial charge is 0.225 e. The van der Waals surface area contributed by atoms with Gasteiger partial charge in [0.05, 0.1) is 5.39 Å². The van der Waals surface area contributed by atoms with Gasteiger partial charge < -0.3 is 10.2 Å². The summed E-state index contributed by atoms with van der Waals surface area (Å²) < 4.78 is 0. The molecule has 0 radical (unpaired) electrons. The number of rotatable bonds is 5. The molecule has 1 N–H and O–H groups in total. The van der Waals surface area contributed by atoms with Gasteiger partial charge in [-0.15, -0.1) is 11.3 Å². The summed E-state index contributed by atoms with van der Waals surface area (Å²) in [6.07, 6.45) is 2.24. The van der Waals surface area contributed by atoms with Gasteiger partial charge in [-0.1, -0.05) is 13.8 Å². The zero-order valence-corrected chi connectivity index (χ0v) is 13.1. The minimum absolute atomic E-state index is 0.517. The first-order valence-electron chi connectivity index (χ1n) is 6.79. The van der Waals surface area contributed by atoms with Crippen LogP contribution in [0.4, 0.5) is 11.8 Å². The third-order valence-electron chi connectivity index (χ3n) is 3.54. The summed E-state index contributed by atoms with van der Waals surface area (Å²) in [7, 11) is 3.99. The van der Waals surface area contributed by atoms with Gasteiger partial charge in [-0.25, -0.2) is 4.98 Å². The predicted octanol–water partition coefficient (Wildman–Crippen LogP) is 3.67. The summed E-state index contributed by atoms with van der Waals surface area (Å²) in [5.74, 6) is 1.73. The van der Waals surface area contributed by atoms with E-state index in [2.05, 4.69) is 54.1 Å². The minimum atomic E-state index is 0.517. The molecule has 0 fully saturated rings. The van der Waals surface area contributed by atoms with Crippen LogP contribution >= 0.6 is 11.3 Å². The Bertz CT molecular complexity index is 560. The molecule has 0 aliphatic carbocycles.